The molecule has 0 aliphatic heterocycles. The van der Waals surface area contributed by atoms with Gasteiger partial charge in [-0.3, -0.25) is 4.72 Å². The molecule has 0 aromatic heterocycles. The fourth-order valence-corrected chi connectivity index (χ4v) is 2.77. The lowest BCUT2D eigenvalue weighted by Gasteiger charge is -2.10. The van der Waals surface area contributed by atoms with Crippen molar-refractivity contribution >= 4 is 38.9 Å². The van der Waals surface area contributed by atoms with Crippen LogP contribution in [0, 0.1) is 5.82 Å². The summed E-state index contributed by atoms with van der Waals surface area (Å²) >= 11 is 11.8. The van der Waals surface area contributed by atoms with Crippen LogP contribution in [0.15, 0.2) is 36.4 Å². The summed E-state index contributed by atoms with van der Waals surface area (Å²) in [6.45, 7) is 1.54. The predicted octanol–water partition coefficient (Wildman–Crippen LogP) is 4.56. The van der Waals surface area contributed by atoms with Crippen LogP contribution in [0.5, 0.6) is 0 Å². The molecule has 0 fully saturated rings. The number of hydrogen-bond donors (Lipinski definition) is 1. The van der Waals surface area contributed by atoms with Gasteiger partial charge in [0.05, 0.1) is 15.8 Å². The molecule has 0 bridgehead atoms. The third-order valence-corrected chi connectivity index (χ3v) is 4.78. The molecule has 2 aromatic rings. The van der Waals surface area contributed by atoms with E-state index in [9.17, 15) is 12.8 Å². The van der Waals surface area contributed by atoms with Gasteiger partial charge in [0.15, 0.2) is 0 Å². The van der Waals surface area contributed by atoms with Crippen molar-refractivity contribution in [2.75, 3.05) is 10.5 Å². The zero-order chi connectivity index (χ0) is 15.6. The molecule has 0 radical (unpaired) electrons. The van der Waals surface area contributed by atoms with Gasteiger partial charge in [0.2, 0.25) is 10.0 Å². The van der Waals surface area contributed by atoms with E-state index in [2.05, 4.69) is 4.72 Å². The molecule has 0 amide bonds. The minimum absolute atomic E-state index is 0.0298. The van der Waals surface area contributed by atoms with Crippen molar-refractivity contribution in [2.45, 2.75) is 6.92 Å². The second-order valence-electron chi connectivity index (χ2n) is 4.33. The summed E-state index contributed by atoms with van der Waals surface area (Å²) in [6.07, 6.45) is 0. The zero-order valence-electron chi connectivity index (χ0n) is 11.0. The first-order valence-electron chi connectivity index (χ1n) is 6.08. The lowest BCUT2D eigenvalue weighted by atomic mass is 10.1. The van der Waals surface area contributed by atoms with Gasteiger partial charge in [0.25, 0.3) is 0 Å². The van der Waals surface area contributed by atoms with Crippen LogP contribution in [0.3, 0.4) is 0 Å². The number of hydrogen-bond acceptors (Lipinski definition) is 2. The molecule has 21 heavy (non-hydrogen) atoms. The molecule has 3 nitrogen and oxygen atoms in total. The van der Waals surface area contributed by atoms with Crippen LogP contribution in [0.1, 0.15) is 6.92 Å². The fraction of sp³-hybridized carbons (Fsp3) is 0.143. The number of rotatable bonds is 4. The number of halogens is 3. The van der Waals surface area contributed by atoms with E-state index in [-0.39, 0.29) is 10.8 Å². The maximum Gasteiger partial charge on any atom is 0.232 e. The Bertz CT molecular complexity index is 779. The standard InChI is InChI=1S/C14H12Cl2FNO2S/c1-2-21(19,20)18-10-4-5-11(13(16)8-10)9-3-6-12(15)14(17)7-9/h3-8,18H,2H2,1H3. The van der Waals surface area contributed by atoms with E-state index in [0.29, 0.717) is 21.8 Å². The summed E-state index contributed by atoms with van der Waals surface area (Å²) in [6, 6.07) is 9.04. The highest BCUT2D eigenvalue weighted by molar-refractivity contribution is 7.92. The predicted molar refractivity (Wildman–Crippen MR) is 84.9 cm³/mol. The van der Waals surface area contributed by atoms with Crippen LogP contribution in [-0.2, 0) is 10.0 Å². The van der Waals surface area contributed by atoms with Crippen LogP contribution in [0.25, 0.3) is 11.1 Å². The van der Waals surface area contributed by atoms with E-state index >= 15 is 0 Å². The largest absolute Gasteiger partial charge is 0.284 e. The minimum atomic E-state index is -3.37. The second-order valence-corrected chi connectivity index (χ2v) is 7.15. The van der Waals surface area contributed by atoms with Gasteiger partial charge in [-0.1, -0.05) is 35.3 Å². The van der Waals surface area contributed by atoms with Gasteiger partial charge in [-0.2, -0.15) is 0 Å². The number of anilines is 1. The van der Waals surface area contributed by atoms with E-state index in [1.165, 1.54) is 25.1 Å². The SMILES string of the molecule is CCS(=O)(=O)Nc1ccc(-c2ccc(Cl)c(F)c2)c(Cl)c1. The van der Waals surface area contributed by atoms with E-state index in [0.717, 1.165) is 0 Å². The third-order valence-electron chi connectivity index (χ3n) is 2.85. The first-order valence-corrected chi connectivity index (χ1v) is 8.48. The maximum atomic E-state index is 13.5. The molecule has 2 aromatic carbocycles. The molecular weight excluding hydrogens is 336 g/mol. The van der Waals surface area contributed by atoms with Gasteiger partial charge >= 0.3 is 0 Å². The molecule has 0 saturated heterocycles. The normalized spacial score (nSPS) is 11.4. The zero-order valence-corrected chi connectivity index (χ0v) is 13.4. The van der Waals surface area contributed by atoms with Gasteiger partial charge in [0, 0.05) is 11.3 Å². The Hall–Kier alpha value is -1.30. The molecule has 0 spiro atoms. The Morgan fingerprint density at radius 2 is 1.81 bits per heavy atom. The summed E-state index contributed by atoms with van der Waals surface area (Å²) in [4.78, 5) is 0. The monoisotopic (exact) mass is 347 g/mol. The van der Waals surface area contributed by atoms with Crippen LogP contribution in [0.2, 0.25) is 10.0 Å². The second kappa shape index (κ2) is 6.22. The van der Waals surface area contributed by atoms with Crippen molar-refractivity contribution in [3.8, 4) is 11.1 Å². The van der Waals surface area contributed by atoms with Crippen LogP contribution < -0.4 is 4.72 Å². The van der Waals surface area contributed by atoms with Crippen molar-refractivity contribution < 1.29 is 12.8 Å². The minimum Gasteiger partial charge on any atom is -0.284 e. The molecule has 0 saturated carbocycles. The molecular formula is C14H12Cl2FNO2S. The van der Waals surface area contributed by atoms with Gasteiger partial charge in [-0.05, 0) is 36.8 Å². The van der Waals surface area contributed by atoms with Crippen molar-refractivity contribution in [3.63, 3.8) is 0 Å². The van der Waals surface area contributed by atoms with E-state index in [1.54, 1.807) is 18.2 Å². The first-order chi connectivity index (χ1) is 9.82. The summed E-state index contributed by atoms with van der Waals surface area (Å²) in [7, 11) is -3.37. The third kappa shape index (κ3) is 3.87. The lowest BCUT2D eigenvalue weighted by Crippen LogP contribution is -2.14. The highest BCUT2D eigenvalue weighted by Gasteiger charge is 2.11. The topological polar surface area (TPSA) is 46.2 Å². The lowest BCUT2D eigenvalue weighted by molar-refractivity contribution is 0.602. The highest BCUT2D eigenvalue weighted by atomic mass is 35.5. The van der Waals surface area contributed by atoms with Crippen LogP contribution in [0.4, 0.5) is 10.1 Å². The molecule has 0 unspecified atom stereocenters. The molecule has 7 heteroatoms. The number of sulfonamides is 1. The Kier molecular flexibility index (Phi) is 4.76. The molecule has 0 aliphatic carbocycles. The molecule has 0 aliphatic rings. The average Bonchev–Trinajstić information content (AvgIpc) is 2.42. The molecule has 0 atom stereocenters. The van der Waals surface area contributed by atoms with Crippen molar-refractivity contribution in [3.05, 3.63) is 52.3 Å². The van der Waals surface area contributed by atoms with Gasteiger partial charge < -0.3 is 0 Å². The van der Waals surface area contributed by atoms with E-state index < -0.39 is 15.8 Å². The highest BCUT2D eigenvalue weighted by Crippen LogP contribution is 2.32. The summed E-state index contributed by atoms with van der Waals surface area (Å²) in [5.74, 6) is -0.574. The molecule has 112 valence electrons. The summed E-state index contributed by atoms with van der Waals surface area (Å²) in [5, 5.41) is 0.343. The molecule has 0 heterocycles. The van der Waals surface area contributed by atoms with Crippen molar-refractivity contribution in [1.82, 2.24) is 0 Å². The first kappa shape index (κ1) is 16.1. The quantitative estimate of drug-likeness (QED) is 0.880. The van der Waals surface area contributed by atoms with Crippen LogP contribution in [-0.4, -0.2) is 14.2 Å². The maximum absolute atomic E-state index is 13.5. The Morgan fingerprint density at radius 3 is 2.38 bits per heavy atom. The fourth-order valence-electron chi connectivity index (χ4n) is 1.73. The smallest absolute Gasteiger partial charge is 0.232 e. The number of benzene rings is 2. The summed E-state index contributed by atoms with van der Waals surface area (Å²) < 4.78 is 38.9. The Balaban J connectivity index is 2.37. The molecule has 2 rings (SSSR count). The Morgan fingerprint density at radius 1 is 1.10 bits per heavy atom. The average molecular weight is 348 g/mol. The van der Waals surface area contributed by atoms with E-state index in [4.69, 9.17) is 23.2 Å². The van der Waals surface area contributed by atoms with Crippen molar-refractivity contribution in [1.29, 1.82) is 0 Å². The van der Waals surface area contributed by atoms with Gasteiger partial charge in [0.1, 0.15) is 5.82 Å². The molecule has 1 N–H and O–H groups in total. The Labute approximate surface area is 132 Å². The van der Waals surface area contributed by atoms with Crippen LogP contribution >= 0.6 is 23.2 Å². The van der Waals surface area contributed by atoms with E-state index in [1.807, 2.05) is 0 Å². The van der Waals surface area contributed by atoms with Crippen molar-refractivity contribution in [2.24, 2.45) is 0 Å². The van der Waals surface area contributed by atoms with Gasteiger partial charge in [-0.25, -0.2) is 12.8 Å². The number of nitrogens with one attached hydrogen (secondary N) is 1. The van der Waals surface area contributed by atoms with Gasteiger partial charge in [-0.15, -0.1) is 0 Å². The summed E-state index contributed by atoms with van der Waals surface area (Å²) in [5.41, 5.74) is 1.51.